The van der Waals surface area contributed by atoms with Gasteiger partial charge in [-0.2, -0.15) is 0 Å². The molecule has 1 atom stereocenters. The van der Waals surface area contributed by atoms with Gasteiger partial charge in [-0.05, 0) is 24.1 Å². The van der Waals surface area contributed by atoms with Gasteiger partial charge in [0.2, 0.25) is 11.8 Å². The van der Waals surface area contributed by atoms with E-state index in [-0.39, 0.29) is 17.7 Å². The van der Waals surface area contributed by atoms with Crippen LogP contribution in [0.1, 0.15) is 18.4 Å². The van der Waals surface area contributed by atoms with Gasteiger partial charge in [0.05, 0.1) is 13.0 Å². The van der Waals surface area contributed by atoms with Gasteiger partial charge in [0.25, 0.3) is 0 Å². The zero-order chi connectivity index (χ0) is 14.8. The van der Waals surface area contributed by atoms with Crippen molar-refractivity contribution in [1.82, 2.24) is 9.80 Å². The van der Waals surface area contributed by atoms with Gasteiger partial charge in [-0.25, -0.2) is 0 Å². The highest BCUT2D eigenvalue weighted by molar-refractivity contribution is 5.89. The molecule has 2 fully saturated rings. The van der Waals surface area contributed by atoms with Gasteiger partial charge < -0.3 is 14.5 Å². The highest BCUT2D eigenvalue weighted by atomic mass is 16.5. The Bertz CT molecular complexity index is 537. The molecule has 0 aliphatic carbocycles. The minimum atomic E-state index is -0.156. The molecule has 5 heteroatoms. The molecule has 2 aliphatic rings. The fraction of sp³-hybridized carbons (Fsp3) is 0.500. The molecular formula is C16H20N2O3. The van der Waals surface area contributed by atoms with Gasteiger partial charge in [-0.1, -0.05) is 12.1 Å². The number of carbonyl (C=O) groups excluding carboxylic acids is 2. The van der Waals surface area contributed by atoms with Crippen LogP contribution in [0.3, 0.4) is 0 Å². The second-order valence-corrected chi connectivity index (χ2v) is 5.70. The summed E-state index contributed by atoms with van der Waals surface area (Å²) in [5.74, 6) is 0.866. The molecule has 0 bridgehead atoms. The molecule has 1 aromatic carbocycles. The summed E-state index contributed by atoms with van der Waals surface area (Å²) in [6.07, 6.45) is 1.44. The maximum atomic E-state index is 12.2. The van der Waals surface area contributed by atoms with Crippen molar-refractivity contribution in [2.75, 3.05) is 26.7 Å². The Kier molecular flexibility index (Phi) is 3.82. The standard InChI is InChI=1S/C16H20N2O3/c1-21-14-5-3-12(4-6-14)10-18-11-13(9-15(18)19)16(20)17-7-2-8-17/h3-6,13H,2,7-11H2,1H3. The topological polar surface area (TPSA) is 49.9 Å². The van der Waals surface area contributed by atoms with E-state index in [1.165, 1.54) is 0 Å². The molecule has 1 aromatic rings. The van der Waals surface area contributed by atoms with Crippen LogP contribution in [0.5, 0.6) is 5.75 Å². The molecule has 2 amide bonds. The van der Waals surface area contributed by atoms with E-state index in [1.54, 1.807) is 12.0 Å². The lowest BCUT2D eigenvalue weighted by Gasteiger charge is -2.32. The number of carbonyl (C=O) groups is 2. The number of amides is 2. The van der Waals surface area contributed by atoms with Crippen molar-refractivity contribution in [2.24, 2.45) is 5.92 Å². The van der Waals surface area contributed by atoms with Crippen LogP contribution in [0.4, 0.5) is 0 Å². The number of nitrogens with zero attached hydrogens (tertiary/aromatic N) is 2. The first-order valence-corrected chi connectivity index (χ1v) is 7.37. The van der Waals surface area contributed by atoms with Crippen LogP contribution in [-0.4, -0.2) is 48.4 Å². The van der Waals surface area contributed by atoms with E-state index in [2.05, 4.69) is 0 Å². The lowest BCUT2D eigenvalue weighted by molar-refractivity contribution is -0.139. The number of methoxy groups -OCH3 is 1. The average Bonchev–Trinajstić information content (AvgIpc) is 2.79. The molecule has 0 saturated carbocycles. The minimum Gasteiger partial charge on any atom is -0.497 e. The van der Waals surface area contributed by atoms with Gasteiger partial charge >= 0.3 is 0 Å². The molecule has 112 valence electrons. The first-order valence-electron chi connectivity index (χ1n) is 7.37. The third kappa shape index (κ3) is 2.86. The van der Waals surface area contributed by atoms with Gasteiger partial charge in [-0.15, -0.1) is 0 Å². The van der Waals surface area contributed by atoms with Crippen molar-refractivity contribution in [3.8, 4) is 5.75 Å². The quantitative estimate of drug-likeness (QED) is 0.838. The fourth-order valence-corrected chi connectivity index (χ4v) is 2.84. The second kappa shape index (κ2) is 5.76. The lowest BCUT2D eigenvalue weighted by atomic mass is 10.0. The van der Waals surface area contributed by atoms with E-state index in [4.69, 9.17) is 4.74 Å². The molecule has 5 nitrogen and oxygen atoms in total. The number of benzene rings is 1. The monoisotopic (exact) mass is 288 g/mol. The summed E-state index contributed by atoms with van der Waals surface area (Å²) >= 11 is 0. The van der Waals surface area contributed by atoms with E-state index in [1.807, 2.05) is 29.2 Å². The maximum absolute atomic E-state index is 12.2. The van der Waals surface area contributed by atoms with Crippen LogP contribution >= 0.6 is 0 Å². The van der Waals surface area contributed by atoms with Gasteiger partial charge in [-0.3, -0.25) is 9.59 Å². The summed E-state index contributed by atoms with van der Waals surface area (Å²) in [6.45, 7) is 2.80. The van der Waals surface area contributed by atoms with E-state index < -0.39 is 0 Å². The molecule has 2 saturated heterocycles. The first-order chi connectivity index (χ1) is 10.2. The Morgan fingerprint density at radius 1 is 1.29 bits per heavy atom. The Balaban J connectivity index is 1.60. The SMILES string of the molecule is COc1ccc(CN2CC(C(=O)N3CCC3)CC2=O)cc1. The van der Waals surface area contributed by atoms with E-state index in [0.717, 1.165) is 30.8 Å². The summed E-state index contributed by atoms with van der Waals surface area (Å²) in [5, 5.41) is 0. The number of hydrogen-bond acceptors (Lipinski definition) is 3. The maximum Gasteiger partial charge on any atom is 0.227 e. The Hall–Kier alpha value is -2.04. The van der Waals surface area contributed by atoms with Crippen molar-refractivity contribution in [3.63, 3.8) is 0 Å². The summed E-state index contributed by atoms with van der Waals surface area (Å²) in [5.41, 5.74) is 1.06. The highest BCUT2D eigenvalue weighted by Crippen LogP contribution is 2.24. The lowest BCUT2D eigenvalue weighted by Crippen LogP contribution is -2.45. The average molecular weight is 288 g/mol. The second-order valence-electron chi connectivity index (χ2n) is 5.70. The van der Waals surface area contributed by atoms with Crippen molar-refractivity contribution in [3.05, 3.63) is 29.8 Å². The van der Waals surface area contributed by atoms with E-state index in [0.29, 0.717) is 19.5 Å². The highest BCUT2D eigenvalue weighted by Gasteiger charge is 2.37. The number of likely N-dealkylation sites (tertiary alicyclic amines) is 2. The third-order valence-corrected chi connectivity index (χ3v) is 4.26. The van der Waals surface area contributed by atoms with E-state index in [9.17, 15) is 9.59 Å². The summed E-state index contributed by atoms with van der Waals surface area (Å²) in [7, 11) is 1.63. The molecule has 0 N–H and O–H groups in total. The van der Waals surface area contributed by atoms with Gasteiger partial charge in [0.1, 0.15) is 5.75 Å². The number of rotatable bonds is 4. The molecule has 2 aliphatic heterocycles. The molecule has 0 radical (unpaired) electrons. The van der Waals surface area contributed by atoms with Crippen molar-refractivity contribution in [2.45, 2.75) is 19.4 Å². The van der Waals surface area contributed by atoms with Crippen LogP contribution in [0.2, 0.25) is 0 Å². The zero-order valence-corrected chi connectivity index (χ0v) is 12.2. The Morgan fingerprint density at radius 3 is 2.57 bits per heavy atom. The number of ether oxygens (including phenoxy) is 1. The summed E-state index contributed by atoms with van der Waals surface area (Å²) in [4.78, 5) is 27.9. The molecule has 2 heterocycles. The van der Waals surface area contributed by atoms with Crippen LogP contribution < -0.4 is 4.74 Å². The molecule has 21 heavy (non-hydrogen) atoms. The molecule has 0 spiro atoms. The number of hydrogen-bond donors (Lipinski definition) is 0. The molecule has 0 aromatic heterocycles. The van der Waals surface area contributed by atoms with Crippen LogP contribution in [0, 0.1) is 5.92 Å². The normalized spacial score (nSPS) is 21.4. The van der Waals surface area contributed by atoms with Crippen LogP contribution in [-0.2, 0) is 16.1 Å². The van der Waals surface area contributed by atoms with Crippen LogP contribution in [0.15, 0.2) is 24.3 Å². The fourth-order valence-electron chi connectivity index (χ4n) is 2.84. The van der Waals surface area contributed by atoms with E-state index >= 15 is 0 Å². The largest absolute Gasteiger partial charge is 0.497 e. The zero-order valence-electron chi connectivity index (χ0n) is 12.2. The Morgan fingerprint density at radius 2 is 2.00 bits per heavy atom. The van der Waals surface area contributed by atoms with Crippen molar-refractivity contribution >= 4 is 11.8 Å². The summed E-state index contributed by atoms with van der Waals surface area (Å²) in [6, 6.07) is 7.69. The van der Waals surface area contributed by atoms with Crippen LogP contribution in [0.25, 0.3) is 0 Å². The molecule has 1 unspecified atom stereocenters. The third-order valence-electron chi connectivity index (χ3n) is 4.26. The molecular weight excluding hydrogens is 268 g/mol. The van der Waals surface area contributed by atoms with Gasteiger partial charge in [0, 0.05) is 32.6 Å². The minimum absolute atomic E-state index is 0.0738. The predicted octanol–water partition coefficient (Wildman–Crippen LogP) is 1.28. The smallest absolute Gasteiger partial charge is 0.227 e. The molecule has 3 rings (SSSR count). The van der Waals surface area contributed by atoms with Gasteiger partial charge in [0.15, 0.2) is 0 Å². The van der Waals surface area contributed by atoms with Crippen molar-refractivity contribution < 1.29 is 14.3 Å². The van der Waals surface area contributed by atoms with Crippen molar-refractivity contribution in [1.29, 1.82) is 0 Å². The Labute approximate surface area is 124 Å². The first kappa shape index (κ1) is 13.9. The predicted molar refractivity (Wildman–Crippen MR) is 77.7 cm³/mol. The summed E-state index contributed by atoms with van der Waals surface area (Å²) < 4.78 is 5.12.